The van der Waals surface area contributed by atoms with E-state index in [2.05, 4.69) is 21.6 Å². The van der Waals surface area contributed by atoms with E-state index in [1.165, 1.54) is 4.90 Å². The summed E-state index contributed by atoms with van der Waals surface area (Å²) in [5, 5.41) is 5.41. The molecule has 0 saturated carbocycles. The Morgan fingerprint density at radius 1 is 1.24 bits per heavy atom. The molecule has 0 spiro atoms. The summed E-state index contributed by atoms with van der Waals surface area (Å²) in [6, 6.07) is 8.09. The minimum atomic E-state index is -0.139. The summed E-state index contributed by atoms with van der Waals surface area (Å²) in [7, 11) is 0. The van der Waals surface area contributed by atoms with Gasteiger partial charge in [-0.3, -0.25) is 9.59 Å². The van der Waals surface area contributed by atoms with Gasteiger partial charge in [0.1, 0.15) is 0 Å². The molecule has 5 nitrogen and oxygen atoms in total. The van der Waals surface area contributed by atoms with Gasteiger partial charge in [-0.05, 0) is 18.6 Å². The lowest BCUT2D eigenvalue weighted by Crippen LogP contribution is -2.43. The Morgan fingerprint density at radius 2 is 2.05 bits per heavy atom. The third kappa shape index (κ3) is 4.67. The maximum Gasteiger partial charge on any atom is 0.239 e. The number of benzene rings is 1. The van der Waals surface area contributed by atoms with Crippen LogP contribution < -0.4 is 15.5 Å². The van der Waals surface area contributed by atoms with Crippen LogP contribution in [0.15, 0.2) is 29.2 Å². The molecule has 0 saturated heterocycles. The molecule has 2 amide bonds. The van der Waals surface area contributed by atoms with Crippen molar-refractivity contribution in [2.45, 2.75) is 18.2 Å². The van der Waals surface area contributed by atoms with E-state index in [9.17, 15) is 9.59 Å². The average molecular weight is 307 g/mol. The lowest BCUT2D eigenvalue weighted by molar-refractivity contribution is -0.125. The standard InChI is InChI=1S/C15H21N3O2S/c1-2-7-16-14(19)10-17-15(20)11-18-8-9-21-13-6-4-3-5-12(13)18/h3-6H,2,7-11H2,1H3,(H,16,19)(H,17,20). The zero-order valence-corrected chi connectivity index (χ0v) is 13.0. The third-order valence-electron chi connectivity index (χ3n) is 3.18. The lowest BCUT2D eigenvalue weighted by atomic mass is 10.2. The molecule has 0 atom stereocenters. The van der Waals surface area contributed by atoms with E-state index < -0.39 is 0 Å². The Balaban J connectivity index is 1.82. The van der Waals surface area contributed by atoms with Gasteiger partial charge in [-0.2, -0.15) is 0 Å². The summed E-state index contributed by atoms with van der Waals surface area (Å²) < 4.78 is 0. The van der Waals surface area contributed by atoms with Crippen molar-refractivity contribution in [3.05, 3.63) is 24.3 Å². The highest BCUT2D eigenvalue weighted by Gasteiger charge is 2.19. The molecule has 21 heavy (non-hydrogen) atoms. The van der Waals surface area contributed by atoms with Gasteiger partial charge in [0, 0.05) is 23.7 Å². The zero-order valence-electron chi connectivity index (χ0n) is 12.2. The van der Waals surface area contributed by atoms with Crippen LogP contribution in [-0.4, -0.2) is 43.7 Å². The van der Waals surface area contributed by atoms with Crippen molar-refractivity contribution in [2.75, 3.05) is 36.8 Å². The molecule has 0 radical (unpaired) electrons. The van der Waals surface area contributed by atoms with Crippen LogP contribution in [0.25, 0.3) is 0 Å². The number of thioether (sulfide) groups is 1. The van der Waals surface area contributed by atoms with E-state index >= 15 is 0 Å². The molecule has 0 aliphatic carbocycles. The van der Waals surface area contributed by atoms with Crippen LogP contribution in [-0.2, 0) is 9.59 Å². The van der Waals surface area contributed by atoms with Gasteiger partial charge in [-0.1, -0.05) is 19.1 Å². The second-order valence-electron chi connectivity index (χ2n) is 4.86. The van der Waals surface area contributed by atoms with Crippen LogP contribution in [0.5, 0.6) is 0 Å². The number of hydrogen-bond donors (Lipinski definition) is 2. The SMILES string of the molecule is CCCNC(=O)CNC(=O)CN1CCSc2ccccc21. The van der Waals surface area contributed by atoms with E-state index in [4.69, 9.17) is 0 Å². The van der Waals surface area contributed by atoms with Crippen molar-refractivity contribution >= 4 is 29.3 Å². The largest absolute Gasteiger partial charge is 0.360 e. The maximum atomic E-state index is 12.0. The van der Waals surface area contributed by atoms with Gasteiger partial charge >= 0.3 is 0 Å². The van der Waals surface area contributed by atoms with Gasteiger partial charge in [0.15, 0.2) is 0 Å². The number of nitrogens with zero attached hydrogens (tertiary/aromatic N) is 1. The van der Waals surface area contributed by atoms with Crippen LogP contribution in [0, 0.1) is 0 Å². The fraction of sp³-hybridized carbons (Fsp3) is 0.467. The van der Waals surface area contributed by atoms with Crippen molar-refractivity contribution in [2.24, 2.45) is 0 Å². The highest BCUT2D eigenvalue weighted by atomic mass is 32.2. The first-order valence-electron chi connectivity index (χ1n) is 7.21. The van der Waals surface area contributed by atoms with Crippen LogP contribution >= 0.6 is 11.8 Å². The monoisotopic (exact) mass is 307 g/mol. The molecule has 0 aromatic heterocycles. The Bertz CT molecular complexity index is 507. The van der Waals surface area contributed by atoms with E-state index in [1.807, 2.05) is 36.9 Å². The fourth-order valence-electron chi connectivity index (χ4n) is 2.13. The number of fused-ring (bicyclic) bond motifs is 1. The van der Waals surface area contributed by atoms with E-state index in [1.54, 1.807) is 0 Å². The first kappa shape index (κ1) is 15.7. The molecular weight excluding hydrogens is 286 g/mol. The number of nitrogens with one attached hydrogen (secondary N) is 2. The Hall–Kier alpha value is -1.69. The Kier molecular flexibility index (Phi) is 5.92. The summed E-state index contributed by atoms with van der Waals surface area (Å²) in [5.74, 6) is 0.713. The number of para-hydroxylation sites is 1. The molecule has 1 aliphatic rings. The number of anilines is 1. The molecule has 0 fully saturated rings. The van der Waals surface area contributed by atoms with Crippen molar-refractivity contribution in [1.82, 2.24) is 10.6 Å². The smallest absolute Gasteiger partial charge is 0.239 e. The zero-order chi connectivity index (χ0) is 15.1. The van der Waals surface area contributed by atoms with Crippen LogP contribution in [0.4, 0.5) is 5.69 Å². The van der Waals surface area contributed by atoms with Crippen LogP contribution in [0.3, 0.4) is 0 Å². The van der Waals surface area contributed by atoms with Gasteiger partial charge in [0.05, 0.1) is 18.8 Å². The van der Waals surface area contributed by atoms with E-state index in [-0.39, 0.29) is 18.4 Å². The predicted molar refractivity (Wildman–Crippen MR) is 85.7 cm³/mol. The molecule has 0 bridgehead atoms. The van der Waals surface area contributed by atoms with Crippen molar-refractivity contribution in [1.29, 1.82) is 0 Å². The molecule has 2 N–H and O–H groups in total. The maximum absolute atomic E-state index is 12.0. The van der Waals surface area contributed by atoms with Gasteiger partial charge < -0.3 is 15.5 Å². The van der Waals surface area contributed by atoms with Crippen molar-refractivity contribution in [3.63, 3.8) is 0 Å². The highest BCUT2D eigenvalue weighted by molar-refractivity contribution is 7.99. The molecule has 1 aromatic carbocycles. The molecule has 1 heterocycles. The summed E-state index contributed by atoms with van der Waals surface area (Å²) in [6.07, 6.45) is 0.891. The first-order chi connectivity index (χ1) is 10.2. The quantitative estimate of drug-likeness (QED) is 0.830. The van der Waals surface area contributed by atoms with E-state index in [0.717, 1.165) is 24.4 Å². The topological polar surface area (TPSA) is 61.4 Å². The van der Waals surface area contributed by atoms with Gasteiger partial charge in [0.25, 0.3) is 0 Å². The molecule has 114 valence electrons. The number of carbonyl (C=O) groups excluding carboxylic acids is 2. The van der Waals surface area contributed by atoms with Gasteiger partial charge in [-0.15, -0.1) is 11.8 Å². The minimum absolute atomic E-state index is 0.0447. The first-order valence-corrected chi connectivity index (χ1v) is 8.19. The number of amides is 2. The summed E-state index contributed by atoms with van der Waals surface area (Å²) in [6.45, 7) is 3.81. The molecule has 0 unspecified atom stereocenters. The number of carbonyl (C=O) groups is 2. The van der Waals surface area contributed by atoms with Crippen molar-refractivity contribution < 1.29 is 9.59 Å². The molecular formula is C15H21N3O2S. The predicted octanol–water partition coefficient (Wildman–Crippen LogP) is 1.24. The minimum Gasteiger partial charge on any atom is -0.360 e. The van der Waals surface area contributed by atoms with Crippen LogP contribution in [0.1, 0.15) is 13.3 Å². The van der Waals surface area contributed by atoms with Gasteiger partial charge in [-0.25, -0.2) is 0 Å². The fourth-order valence-corrected chi connectivity index (χ4v) is 3.18. The highest BCUT2D eigenvalue weighted by Crippen LogP contribution is 2.33. The third-order valence-corrected chi connectivity index (χ3v) is 4.22. The molecule has 6 heteroatoms. The lowest BCUT2D eigenvalue weighted by Gasteiger charge is -2.30. The average Bonchev–Trinajstić information content (AvgIpc) is 2.51. The summed E-state index contributed by atoms with van der Waals surface area (Å²) >= 11 is 1.81. The summed E-state index contributed by atoms with van der Waals surface area (Å²) in [5.41, 5.74) is 1.10. The van der Waals surface area contributed by atoms with Gasteiger partial charge in [0.2, 0.25) is 11.8 Å². The second-order valence-corrected chi connectivity index (χ2v) is 6.00. The summed E-state index contributed by atoms with van der Waals surface area (Å²) in [4.78, 5) is 26.7. The number of hydrogen-bond acceptors (Lipinski definition) is 4. The number of rotatable bonds is 6. The Morgan fingerprint density at radius 3 is 2.86 bits per heavy atom. The van der Waals surface area contributed by atoms with Crippen molar-refractivity contribution in [3.8, 4) is 0 Å². The normalized spacial score (nSPS) is 13.5. The molecule has 1 aliphatic heterocycles. The van der Waals surface area contributed by atoms with E-state index in [0.29, 0.717) is 13.1 Å². The molecule has 1 aromatic rings. The van der Waals surface area contributed by atoms with Crippen LogP contribution in [0.2, 0.25) is 0 Å². The molecule has 2 rings (SSSR count). The Labute approximate surface area is 129 Å². The second kappa shape index (κ2) is 7.93.